The van der Waals surface area contributed by atoms with Gasteiger partial charge in [0.25, 0.3) is 0 Å². The molecule has 0 aliphatic carbocycles. The van der Waals surface area contributed by atoms with Crippen LogP contribution in [0.4, 0.5) is 4.39 Å². The molecule has 3 aromatic rings. The van der Waals surface area contributed by atoms with Crippen LogP contribution in [0.2, 0.25) is 0 Å². The van der Waals surface area contributed by atoms with Gasteiger partial charge in [-0.1, -0.05) is 5.16 Å². The highest BCUT2D eigenvalue weighted by Gasteiger charge is 2.25. The summed E-state index contributed by atoms with van der Waals surface area (Å²) >= 11 is 0. The molecule has 2 aromatic carbocycles. The molecule has 0 radical (unpaired) electrons. The highest BCUT2D eigenvalue weighted by atomic mass is 19.1. The van der Waals surface area contributed by atoms with E-state index >= 15 is 0 Å². The molecule has 1 aliphatic heterocycles. The molecule has 172 valence electrons. The number of aromatic nitrogens is 1. The SMILES string of the molecule is COCc1cc(CO)c(O)cc1OCCCN1CCC(c2noc3cc(F)ccc23)CC1. The van der Waals surface area contributed by atoms with Gasteiger partial charge >= 0.3 is 0 Å². The number of piperidine rings is 1. The smallest absolute Gasteiger partial charge is 0.170 e. The first-order valence-electron chi connectivity index (χ1n) is 10.9. The van der Waals surface area contributed by atoms with E-state index in [9.17, 15) is 14.6 Å². The predicted molar refractivity (Wildman–Crippen MR) is 117 cm³/mol. The summed E-state index contributed by atoms with van der Waals surface area (Å²) in [5.41, 5.74) is 2.69. The van der Waals surface area contributed by atoms with E-state index in [4.69, 9.17) is 14.0 Å². The van der Waals surface area contributed by atoms with E-state index in [0.717, 1.165) is 55.5 Å². The average molecular weight is 445 g/mol. The van der Waals surface area contributed by atoms with Crippen LogP contribution >= 0.6 is 0 Å². The number of benzene rings is 2. The van der Waals surface area contributed by atoms with Crippen molar-refractivity contribution in [3.63, 3.8) is 0 Å². The van der Waals surface area contributed by atoms with Crippen LogP contribution in [0.5, 0.6) is 11.5 Å². The summed E-state index contributed by atoms with van der Waals surface area (Å²) in [5.74, 6) is 0.604. The summed E-state index contributed by atoms with van der Waals surface area (Å²) in [6.45, 7) is 3.47. The first-order chi connectivity index (χ1) is 15.6. The molecule has 1 aliphatic rings. The van der Waals surface area contributed by atoms with Gasteiger partial charge in [-0.3, -0.25) is 0 Å². The Bertz CT molecular complexity index is 1050. The lowest BCUT2D eigenvalue weighted by Crippen LogP contribution is -2.34. The van der Waals surface area contributed by atoms with E-state index < -0.39 is 0 Å². The van der Waals surface area contributed by atoms with E-state index in [-0.39, 0.29) is 18.2 Å². The highest BCUT2D eigenvalue weighted by molar-refractivity contribution is 5.79. The molecule has 0 bridgehead atoms. The summed E-state index contributed by atoms with van der Waals surface area (Å²) < 4.78 is 29.8. The van der Waals surface area contributed by atoms with Crippen molar-refractivity contribution in [1.82, 2.24) is 10.1 Å². The summed E-state index contributed by atoms with van der Waals surface area (Å²) in [6, 6.07) is 7.84. The molecule has 1 aromatic heterocycles. The molecule has 0 spiro atoms. The van der Waals surface area contributed by atoms with Crippen molar-refractivity contribution in [1.29, 1.82) is 0 Å². The summed E-state index contributed by atoms with van der Waals surface area (Å²) in [4.78, 5) is 2.41. The van der Waals surface area contributed by atoms with Crippen LogP contribution in [0, 0.1) is 5.82 Å². The first-order valence-corrected chi connectivity index (χ1v) is 10.9. The fourth-order valence-electron chi connectivity index (χ4n) is 4.32. The Morgan fingerprint density at radius 2 is 2.00 bits per heavy atom. The van der Waals surface area contributed by atoms with Crippen molar-refractivity contribution >= 4 is 11.0 Å². The number of aliphatic hydroxyl groups is 1. The van der Waals surface area contributed by atoms with E-state index in [0.29, 0.717) is 36.0 Å². The Balaban J connectivity index is 1.25. The van der Waals surface area contributed by atoms with Crippen LogP contribution in [-0.2, 0) is 18.0 Å². The Labute approximate surface area is 186 Å². The van der Waals surface area contributed by atoms with Gasteiger partial charge in [0, 0.05) is 48.2 Å². The number of aliphatic hydroxyl groups excluding tert-OH is 1. The minimum Gasteiger partial charge on any atom is -0.507 e. The van der Waals surface area contributed by atoms with Crippen molar-refractivity contribution in [2.75, 3.05) is 33.4 Å². The van der Waals surface area contributed by atoms with Gasteiger partial charge in [0.2, 0.25) is 0 Å². The van der Waals surface area contributed by atoms with Crippen molar-refractivity contribution < 1.29 is 28.6 Å². The Kier molecular flexibility index (Phi) is 7.24. The van der Waals surface area contributed by atoms with E-state index in [2.05, 4.69) is 10.1 Å². The van der Waals surface area contributed by atoms with Crippen LogP contribution in [0.1, 0.15) is 42.0 Å². The number of nitrogens with zero attached hydrogens (tertiary/aromatic N) is 2. The van der Waals surface area contributed by atoms with Gasteiger partial charge in [-0.25, -0.2) is 4.39 Å². The van der Waals surface area contributed by atoms with Crippen LogP contribution in [0.25, 0.3) is 11.0 Å². The zero-order valence-corrected chi connectivity index (χ0v) is 18.2. The Morgan fingerprint density at radius 3 is 2.75 bits per heavy atom. The quantitative estimate of drug-likeness (QED) is 0.483. The van der Waals surface area contributed by atoms with Crippen LogP contribution in [0.3, 0.4) is 0 Å². The number of hydrogen-bond acceptors (Lipinski definition) is 7. The first kappa shape index (κ1) is 22.5. The third kappa shape index (κ3) is 5.03. The molecule has 0 amide bonds. The summed E-state index contributed by atoms with van der Waals surface area (Å²) in [6.07, 6.45) is 2.81. The van der Waals surface area contributed by atoms with Crippen molar-refractivity contribution in [3.05, 3.63) is 53.0 Å². The standard InChI is InChI=1S/C24H29FN2O5/c1-30-15-18-11-17(14-28)21(29)13-22(18)31-10-2-7-27-8-5-16(6-9-27)24-20-4-3-19(25)12-23(20)32-26-24/h3-4,11-13,16,28-29H,2,5-10,14-15H2,1H3. The van der Waals surface area contributed by atoms with Crippen LogP contribution in [-0.4, -0.2) is 53.6 Å². The average Bonchev–Trinajstić information content (AvgIpc) is 3.21. The zero-order valence-electron chi connectivity index (χ0n) is 18.2. The molecule has 1 saturated heterocycles. The molecule has 8 heteroatoms. The molecule has 1 fully saturated rings. The van der Waals surface area contributed by atoms with E-state index in [1.807, 2.05) is 0 Å². The number of hydrogen-bond donors (Lipinski definition) is 2. The number of aromatic hydroxyl groups is 1. The number of phenols is 1. The third-order valence-corrected chi connectivity index (χ3v) is 6.04. The lowest BCUT2D eigenvalue weighted by atomic mass is 9.91. The van der Waals surface area contributed by atoms with Gasteiger partial charge in [-0.2, -0.15) is 0 Å². The lowest BCUT2D eigenvalue weighted by Gasteiger charge is -2.31. The number of rotatable bonds is 9. The molecule has 2 heterocycles. The molecule has 0 unspecified atom stereocenters. The van der Waals surface area contributed by atoms with E-state index in [1.54, 1.807) is 25.3 Å². The monoisotopic (exact) mass is 444 g/mol. The largest absolute Gasteiger partial charge is 0.507 e. The molecule has 7 nitrogen and oxygen atoms in total. The van der Waals surface area contributed by atoms with Gasteiger partial charge in [-0.05, 0) is 50.6 Å². The van der Waals surface area contributed by atoms with Crippen LogP contribution < -0.4 is 4.74 Å². The second-order valence-corrected chi connectivity index (χ2v) is 8.21. The maximum atomic E-state index is 13.4. The lowest BCUT2D eigenvalue weighted by molar-refractivity contribution is 0.174. The van der Waals surface area contributed by atoms with Gasteiger partial charge in [-0.15, -0.1) is 0 Å². The van der Waals surface area contributed by atoms with Crippen LogP contribution in [0.15, 0.2) is 34.9 Å². The predicted octanol–water partition coefficient (Wildman–Crippen LogP) is 3.96. The summed E-state index contributed by atoms with van der Waals surface area (Å²) in [5, 5.41) is 24.5. The molecular formula is C24H29FN2O5. The molecule has 2 N–H and O–H groups in total. The molecule has 4 rings (SSSR count). The molecule has 32 heavy (non-hydrogen) atoms. The topological polar surface area (TPSA) is 88.2 Å². The fraction of sp³-hybridized carbons (Fsp3) is 0.458. The number of ether oxygens (including phenoxy) is 2. The van der Waals surface area contributed by atoms with Crippen molar-refractivity contribution in [2.45, 2.75) is 38.4 Å². The second kappa shape index (κ2) is 10.3. The number of halogens is 1. The number of fused-ring (bicyclic) bond motifs is 1. The molecule has 0 atom stereocenters. The minimum atomic E-state index is -0.314. The maximum Gasteiger partial charge on any atom is 0.170 e. The molecule has 0 saturated carbocycles. The number of likely N-dealkylation sites (tertiary alicyclic amines) is 1. The van der Waals surface area contributed by atoms with Gasteiger partial charge in [0.1, 0.15) is 17.3 Å². The maximum absolute atomic E-state index is 13.4. The molecular weight excluding hydrogens is 415 g/mol. The minimum absolute atomic E-state index is 0.0209. The van der Waals surface area contributed by atoms with Gasteiger partial charge in [0.15, 0.2) is 5.58 Å². The third-order valence-electron chi connectivity index (χ3n) is 6.04. The van der Waals surface area contributed by atoms with Crippen molar-refractivity contribution in [3.8, 4) is 11.5 Å². The Hall–Kier alpha value is -2.68. The van der Waals surface area contributed by atoms with E-state index in [1.165, 1.54) is 12.1 Å². The van der Waals surface area contributed by atoms with Gasteiger partial charge in [0.05, 0.1) is 25.5 Å². The number of methoxy groups -OCH3 is 1. The van der Waals surface area contributed by atoms with Crippen molar-refractivity contribution in [2.24, 2.45) is 0 Å². The van der Waals surface area contributed by atoms with Gasteiger partial charge < -0.3 is 29.1 Å². The summed E-state index contributed by atoms with van der Waals surface area (Å²) in [7, 11) is 1.60. The normalized spacial score (nSPS) is 15.5. The fourth-order valence-corrected chi connectivity index (χ4v) is 4.32. The Morgan fingerprint density at radius 1 is 1.19 bits per heavy atom. The zero-order chi connectivity index (χ0) is 22.5. The highest BCUT2D eigenvalue weighted by Crippen LogP contribution is 2.33. The second-order valence-electron chi connectivity index (χ2n) is 8.21.